The van der Waals surface area contributed by atoms with Crippen molar-refractivity contribution < 1.29 is 4.79 Å². The molecule has 1 aliphatic carbocycles. The van der Waals surface area contributed by atoms with E-state index in [2.05, 4.69) is 30.5 Å². The Morgan fingerprint density at radius 3 is 2.70 bits per heavy atom. The molecule has 0 radical (unpaired) electrons. The highest BCUT2D eigenvalue weighted by molar-refractivity contribution is 5.96. The zero-order valence-electron chi connectivity index (χ0n) is 19.8. The summed E-state index contributed by atoms with van der Waals surface area (Å²) in [5.74, 6) is 0.781. The molecule has 6 aromatic rings. The first-order valence-electron chi connectivity index (χ1n) is 12.2. The molecule has 0 atom stereocenters. The van der Waals surface area contributed by atoms with Crippen LogP contribution in [0.25, 0.3) is 56.1 Å². The molecule has 7 rings (SSSR count). The largest absolute Gasteiger partial charge is 0.336 e. The molecule has 1 fully saturated rings. The van der Waals surface area contributed by atoms with Crippen LogP contribution in [0.2, 0.25) is 0 Å². The van der Waals surface area contributed by atoms with Gasteiger partial charge in [0.1, 0.15) is 5.52 Å². The van der Waals surface area contributed by atoms with Crippen molar-refractivity contribution in [2.45, 2.75) is 19.3 Å². The fraction of sp³-hybridized carbons (Fsp3) is 0.143. The summed E-state index contributed by atoms with van der Waals surface area (Å²) in [6.45, 7) is 0. The van der Waals surface area contributed by atoms with E-state index in [0.717, 1.165) is 58.3 Å². The Hall–Kier alpha value is -4.92. The van der Waals surface area contributed by atoms with Crippen LogP contribution in [0.1, 0.15) is 19.3 Å². The minimum atomic E-state index is 0.0562. The Bertz CT molecular complexity index is 1770. The molecule has 3 N–H and O–H groups in total. The van der Waals surface area contributed by atoms with Gasteiger partial charge < -0.3 is 10.3 Å². The minimum absolute atomic E-state index is 0.0562. The van der Waals surface area contributed by atoms with Crippen molar-refractivity contribution in [2.75, 3.05) is 5.32 Å². The lowest BCUT2D eigenvalue weighted by Crippen LogP contribution is -2.28. The molecule has 1 aromatic carbocycles. The van der Waals surface area contributed by atoms with E-state index in [1.807, 2.05) is 54.6 Å². The maximum Gasteiger partial charge on any atom is 0.227 e. The first-order valence-corrected chi connectivity index (χ1v) is 12.2. The summed E-state index contributed by atoms with van der Waals surface area (Å²) in [6.07, 6.45) is 8.19. The molecule has 0 spiro atoms. The number of carbonyl (C=O) groups excluding carboxylic acids is 1. The SMILES string of the molecule is O=C(Nc1cncc(-c2ccc3[nH]nc(-c4nc5c(-c6ccccn6)cccc5[nH]4)c3n2)c1)C1CCC1. The molecular formula is C28H22N8O. The number of imidazole rings is 1. The van der Waals surface area contributed by atoms with E-state index in [0.29, 0.717) is 22.7 Å². The predicted molar refractivity (Wildman–Crippen MR) is 141 cm³/mol. The van der Waals surface area contributed by atoms with Gasteiger partial charge in [0.05, 0.1) is 39.8 Å². The van der Waals surface area contributed by atoms with E-state index in [1.165, 1.54) is 0 Å². The second-order valence-electron chi connectivity index (χ2n) is 9.25. The molecule has 180 valence electrons. The summed E-state index contributed by atoms with van der Waals surface area (Å²) in [5, 5.41) is 10.6. The summed E-state index contributed by atoms with van der Waals surface area (Å²) in [7, 11) is 0. The van der Waals surface area contributed by atoms with Gasteiger partial charge in [-0.2, -0.15) is 5.10 Å². The molecule has 9 nitrogen and oxygen atoms in total. The molecule has 5 aromatic heterocycles. The quantitative estimate of drug-likeness (QED) is 0.301. The molecule has 5 heterocycles. The maximum absolute atomic E-state index is 12.4. The van der Waals surface area contributed by atoms with Crippen LogP contribution >= 0.6 is 0 Å². The van der Waals surface area contributed by atoms with Crippen LogP contribution in [0.4, 0.5) is 5.69 Å². The summed E-state index contributed by atoms with van der Waals surface area (Å²) in [6, 6.07) is 17.6. The number of hydrogen-bond donors (Lipinski definition) is 3. The van der Waals surface area contributed by atoms with Crippen molar-refractivity contribution in [2.24, 2.45) is 5.92 Å². The maximum atomic E-state index is 12.4. The zero-order chi connectivity index (χ0) is 24.8. The van der Waals surface area contributed by atoms with E-state index in [1.54, 1.807) is 18.6 Å². The monoisotopic (exact) mass is 486 g/mol. The van der Waals surface area contributed by atoms with E-state index in [4.69, 9.17) is 9.97 Å². The molecule has 9 heteroatoms. The number of benzene rings is 1. The third-order valence-electron chi connectivity index (χ3n) is 6.86. The molecule has 0 aliphatic heterocycles. The van der Waals surface area contributed by atoms with Crippen LogP contribution in [0, 0.1) is 5.92 Å². The van der Waals surface area contributed by atoms with Crippen molar-refractivity contribution in [3.63, 3.8) is 0 Å². The number of hydrogen-bond acceptors (Lipinski definition) is 6. The van der Waals surface area contributed by atoms with Gasteiger partial charge in [0, 0.05) is 29.4 Å². The normalized spacial score (nSPS) is 13.6. The molecular weight excluding hydrogens is 464 g/mol. The molecule has 0 saturated heterocycles. The minimum Gasteiger partial charge on any atom is -0.336 e. The van der Waals surface area contributed by atoms with Crippen molar-refractivity contribution in [1.82, 2.24) is 35.1 Å². The number of nitrogens with zero attached hydrogens (tertiary/aromatic N) is 5. The third kappa shape index (κ3) is 3.81. The van der Waals surface area contributed by atoms with Gasteiger partial charge in [-0.3, -0.25) is 19.9 Å². The Morgan fingerprint density at radius 2 is 1.86 bits per heavy atom. The standard InChI is InChI=1S/C28H22N8O/c37-28(16-5-3-6-16)31-18-13-17(14-29-15-18)20-10-11-23-25(32-20)26(36-35-23)27-33-22-9-4-7-19(24(22)34-27)21-8-1-2-12-30-21/h1-2,4,7-16H,3,5-6H2,(H,31,37)(H,33,34)(H,35,36). The van der Waals surface area contributed by atoms with Crippen molar-refractivity contribution >= 4 is 33.7 Å². The van der Waals surface area contributed by atoms with Gasteiger partial charge in [-0.05, 0) is 49.2 Å². The molecule has 1 amide bonds. The van der Waals surface area contributed by atoms with Crippen LogP contribution in [0.3, 0.4) is 0 Å². The third-order valence-corrected chi connectivity index (χ3v) is 6.86. The average Bonchev–Trinajstić information content (AvgIpc) is 3.52. The number of H-pyrrole nitrogens is 2. The summed E-state index contributed by atoms with van der Waals surface area (Å²) < 4.78 is 0. The average molecular weight is 487 g/mol. The fourth-order valence-corrected chi connectivity index (χ4v) is 4.66. The summed E-state index contributed by atoms with van der Waals surface area (Å²) in [5.41, 5.74) is 7.84. The highest BCUT2D eigenvalue weighted by Crippen LogP contribution is 2.32. The van der Waals surface area contributed by atoms with Crippen molar-refractivity contribution in [3.8, 4) is 34.0 Å². The smallest absolute Gasteiger partial charge is 0.227 e. The number of carbonyl (C=O) groups is 1. The second kappa shape index (κ2) is 8.63. The lowest BCUT2D eigenvalue weighted by atomic mass is 9.85. The Kier molecular flexibility index (Phi) is 4.99. The topological polar surface area (TPSA) is 125 Å². The number of anilines is 1. The number of nitrogens with one attached hydrogen (secondary N) is 3. The first-order chi connectivity index (χ1) is 18.2. The highest BCUT2D eigenvalue weighted by atomic mass is 16.1. The zero-order valence-corrected chi connectivity index (χ0v) is 19.8. The second-order valence-corrected chi connectivity index (χ2v) is 9.25. The van der Waals surface area contributed by atoms with Gasteiger partial charge in [-0.15, -0.1) is 0 Å². The van der Waals surface area contributed by atoms with Crippen LogP contribution < -0.4 is 5.32 Å². The summed E-state index contributed by atoms with van der Waals surface area (Å²) >= 11 is 0. The molecule has 0 bridgehead atoms. The molecule has 0 unspecified atom stereocenters. The van der Waals surface area contributed by atoms with E-state index < -0.39 is 0 Å². The number of aromatic amines is 2. The number of aromatic nitrogens is 7. The van der Waals surface area contributed by atoms with Crippen LogP contribution in [-0.2, 0) is 4.79 Å². The lowest BCUT2D eigenvalue weighted by molar-refractivity contribution is -0.122. The van der Waals surface area contributed by atoms with Gasteiger partial charge in [0.25, 0.3) is 0 Å². The van der Waals surface area contributed by atoms with Gasteiger partial charge >= 0.3 is 0 Å². The Morgan fingerprint density at radius 1 is 0.919 bits per heavy atom. The van der Waals surface area contributed by atoms with Crippen molar-refractivity contribution in [3.05, 3.63) is 73.2 Å². The Balaban J connectivity index is 1.26. The van der Waals surface area contributed by atoms with Crippen molar-refractivity contribution in [1.29, 1.82) is 0 Å². The number of para-hydroxylation sites is 1. The van der Waals surface area contributed by atoms with Gasteiger partial charge in [-0.1, -0.05) is 24.6 Å². The Labute approximate surface area is 211 Å². The number of pyridine rings is 3. The van der Waals surface area contributed by atoms with Gasteiger partial charge in [-0.25, -0.2) is 9.97 Å². The van der Waals surface area contributed by atoms with E-state index in [-0.39, 0.29) is 11.8 Å². The van der Waals surface area contributed by atoms with Crippen LogP contribution in [-0.4, -0.2) is 41.0 Å². The molecule has 1 saturated carbocycles. The summed E-state index contributed by atoms with van der Waals surface area (Å²) in [4.78, 5) is 34.4. The predicted octanol–water partition coefficient (Wildman–Crippen LogP) is 5.36. The first kappa shape index (κ1) is 21.4. The molecule has 1 aliphatic rings. The van der Waals surface area contributed by atoms with Crippen LogP contribution in [0.5, 0.6) is 0 Å². The fourth-order valence-electron chi connectivity index (χ4n) is 4.66. The van der Waals surface area contributed by atoms with Gasteiger partial charge in [0.15, 0.2) is 11.5 Å². The van der Waals surface area contributed by atoms with E-state index >= 15 is 0 Å². The highest BCUT2D eigenvalue weighted by Gasteiger charge is 2.25. The van der Waals surface area contributed by atoms with Crippen LogP contribution in [0.15, 0.2) is 73.2 Å². The number of amides is 1. The molecule has 37 heavy (non-hydrogen) atoms. The number of fused-ring (bicyclic) bond motifs is 2. The lowest BCUT2D eigenvalue weighted by Gasteiger charge is -2.24. The number of rotatable bonds is 5. The van der Waals surface area contributed by atoms with Gasteiger partial charge in [0.2, 0.25) is 5.91 Å². The van der Waals surface area contributed by atoms with E-state index in [9.17, 15) is 4.79 Å².